The van der Waals surface area contributed by atoms with Gasteiger partial charge < -0.3 is 4.90 Å². The van der Waals surface area contributed by atoms with E-state index in [1.165, 1.54) is 6.42 Å². The van der Waals surface area contributed by atoms with Gasteiger partial charge in [0.05, 0.1) is 0 Å². The number of rotatable bonds is 3. The summed E-state index contributed by atoms with van der Waals surface area (Å²) in [6.45, 7) is 7.52. The number of Topliss-reactive ketones (excluding diaryl/α,β-unsaturated/α-hetero) is 1. The standard InChI is InChI=1S/C15H21NO/c1-4-15(17)13-7-5-6-8-14(13)16-10-11(2)9-12(16)3/h5-8,11-12H,4,9-10H2,1-3H3. The summed E-state index contributed by atoms with van der Waals surface area (Å²) in [5.41, 5.74) is 2.01. The molecule has 0 aromatic heterocycles. The van der Waals surface area contributed by atoms with Crippen molar-refractivity contribution in [3.05, 3.63) is 29.8 Å². The minimum Gasteiger partial charge on any atom is -0.368 e. The summed E-state index contributed by atoms with van der Waals surface area (Å²) in [5, 5.41) is 0. The van der Waals surface area contributed by atoms with Gasteiger partial charge in [-0.15, -0.1) is 0 Å². The van der Waals surface area contributed by atoms with Gasteiger partial charge in [-0.2, -0.15) is 0 Å². The van der Waals surface area contributed by atoms with Crippen LogP contribution in [0.4, 0.5) is 5.69 Å². The quantitative estimate of drug-likeness (QED) is 0.742. The molecule has 1 aliphatic heterocycles. The number of para-hydroxylation sites is 1. The van der Waals surface area contributed by atoms with Crippen LogP contribution in [0.25, 0.3) is 0 Å². The van der Waals surface area contributed by atoms with Crippen molar-refractivity contribution >= 4 is 11.5 Å². The lowest BCUT2D eigenvalue weighted by Gasteiger charge is -2.26. The van der Waals surface area contributed by atoms with Crippen molar-refractivity contribution in [1.82, 2.24) is 0 Å². The average molecular weight is 231 g/mol. The van der Waals surface area contributed by atoms with E-state index in [2.05, 4.69) is 24.8 Å². The highest BCUT2D eigenvalue weighted by molar-refractivity contribution is 6.01. The fraction of sp³-hybridized carbons (Fsp3) is 0.533. The first kappa shape index (κ1) is 12.2. The summed E-state index contributed by atoms with van der Waals surface area (Å²) in [5.74, 6) is 0.960. The molecule has 17 heavy (non-hydrogen) atoms. The third-order valence-corrected chi connectivity index (χ3v) is 3.62. The first-order valence-electron chi connectivity index (χ1n) is 6.52. The summed E-state index contributed by atoms with van der Waals surface area (Å²) < 4.78 is 0. The van der Waals surface area contributed by atoms with E-state index in [1.807, 2.05) is 25.1 Å². The lowest BCUT2D eigenvalue weighted by Crippen LogP contribution is -2.28. The molecule has 2 heteroatoms. The van der Waals surface area contributed by atoms with Crippen molar-refractivity contribution in [2.45, 2.75) is 39.7 Å². The van der Waals surface area contributed by atoms with Gasteiger partial charge in [0.15, 0.2) is 5.78 Å². The van der Waals surface area contributed by atoms with Crippen LogP contribution in [0.2, 0.25) is 0 Å². The SMILES string of the molecule is CCC(=O)c1ccccc1N1CC(C)CC1C. The van der Waals surface area contributed by atoms with E-state index in [0.29, 0.717) is 12.5 Å². The van der Waals surface area contributed by atoms with Gasteiger partial charge in [-0.05, 0) is 31.4 Å². The van der Waals surface area contributed by atoms with Gasteiger partial charge in [-0.25, -0.2) is 0 Å². The van der Waals surface area contributed by atoms with Crippen LogP contribution in [0.15, 0.2) is 24.3 Å². The van der Waals surface area contributed by atoms with Crippen molar-refractivity contribution in [3.63, 3.8) is 0 Å². The van der Waals surface area contributed by atoms with Gasteiger partial charge in [0.1, 0.15) is 0 Å². The predicted molar refractivity (Wildman–Crippen MR) is 71.7 cm³/mol. The van der Waals surface area contributed by atoms with Crippen molar-refractivity contribution in [2.24, 2.45) is 5.92 Å². The van der Waals surface area contributed by atoms with E-state index < -0.39 is 0 Å². The fourth-order valence-electron chi connectivity index (χ4n) is 2.79. The van der Waals surface area contributed by atoms with Crippen LogP contribution in [-0.2, 0) is 0 Å². The average Bonchev–Trinajstić information content (AvgIpc) is 2.67. The monoisotopic (exact) mass is 231 g/mol. The molecule has 1 saturated heterocycles. The molecule has 2 nitrogen and oxygen atoms in total. The second-order valence-corrected chi connectivity index (χ2v) is 5.14. The van der Waals surface area contributed by atoms with E-state index in [4.69, 9.17) is 0 Å². The Bertz CT molecular complexity index is 413. The number of hydrogen-bond donors (Lipinski definition) is 0. The number of anilines is 1. The van der Waals surface area contributed by atoms with Gasteiger partial charge in [0.2, 0.25) is 0 Å². The summed E-state index contributed by atoms with van der Waals surface area (Å²) in [4.78, 5) is 14.3. The third-order valence-electron chi connectivity index (χ3n) is 3.62. The Morgan fingerprint density at radius 2 is 2.06 bits per heavy atom. The molecule has 0 aliphatic carbocycles. The minimum atomic E-state index is 0.243. The fourth-order valence-corrected chi connectivity index (χ4v) is 2.79. The van der Waals surface area contributed by atoms with Crippen LogP contribution in [0.3, 0.4) is 0 Å². The van der Waals surface area contributed by atoms with Crippen molar-refractivity contribution in [2.75, 3.05) is 11.4 Å². The molecular formula is C15H21NO. The highest BCUT2D eigenvalue weighted by Gasteiger charge is 2.28. The predicted octanol–water partition coefficient (Wildman–Crippen LogP) is 3.51. The normalized spacial score (nSPS) is 24.1. The molecule has 0 N–H and O–H groups in total. The maximum atomic E-state index is 12.0. The molecule has 0 bridgehead atoms. The Balaban J connectivity index is 2.35. The molecule has 1 aliphatic rings. The Morgan fingerprint density at radius 1 is 1.35 bits per heavy atom. The number of ketones is 1. The zero-order valence-corrected chi connectivity index (χ0v) is 10.9. The molecule has 92 valence electrons. The molecular weight excluding hydrogens is 210 g/mol. The molecule has 1 heterocycles. The topological polar surface area (TPSA) is 20.3 Å². The molecule has 1 aromatic rings. The van der Waals surface area contributed by atoms with E-state index in [9.17, 15) is 4.79 Å². The first-order chi connectivity index (χ1) is 8.13. The van der Waals surface area contributed by atoms with Crippen molar-refractivity contribution < 1.29 is 4.79 Å². The van der Waals surface area contributed by atoms with Crippen LogP contribution in [-0.4, -0.2) is 18.4 Å². The largest absolute Gasteiger partial charge is 0.368 e. The van der Waals surface area contributed by atoms with Gasteiger partial charge in [0, 0.05) is 30.3 Å². The van der Waals surface area contributed by atoms with Gasteiger partial charge in [-0.3, -0.25) is 4.79 Å². The Kier molecular flexibility index (Phi) is 3.51. The summed E-state index contributed by atoms with van der Waals surface area (Å²) in [6, 6.07) is 8.55. The van der Waals surface area contributed by atoms with Crippen molar-refractivity contribution in [1.29, 1.82) is 0 Å². The highest BCUT2D eigenvalue weighted by atomic mass is 16.1. The first-order valence-corrected chi connectivity index (χ1v) is 6.52. The lowest BCUT2D eigenvalue weighted by molar-refractivity contribution is 0.0988. The van der Waals surface area contributed by atoms with Crippen molar-refractivity contribution in [3.8, 4) is 0 Å². The second-order valence-electron chi connectivity index (χ2n) is 5.14. The maximum Gasteiger partial charge on any atom is 0.164 e. The summed E-state index contributed by atoms with van der Waals surface area (Å²) >= 11 is 0. The summed E-state index contributed by atoms with van der Waals surface area (Å²) in [6.07, 6.45) is 1.80. The molecule has 0 spiro atoms. The number of carbonyl (C=O) groups is 1. The van der Waals surface area contributed by atoms with Crippen LogP contribution in [0.1, 0.15) is 44.0 Å². The van der Waals surface area contributed by atoms with Gasteiger partial charge in [-0.1, -0.05) is 26.0 Å². The van der Waals surface area contributed by atoms with Crippen LogP contribution < -0.4 is 4.90 Å². The minimum absolute atomic E-state index is 0.243. The number of nitrogens with zero attached hydrogens (tertiary/aromatic N) is 1. The zero-order chi connectivity index (χ0) is 12.4. The molecule has 2 atom stereocenters. The summed E-state index contributed by atoms with van der Waals surface area (Å²) in [7, 11) is 0. The van der Waals surface area contributed by atoms with Crippen LogP contribution in [0.5, 0.6) is 0 Å². The molecule has 2 unspecified atom stereocenters. The van der Waals surface area contributed by atoms with Crippen LogP contribution in [0, 0.1) is 5.92 Å². The second kappa shape index (κ2) is 4.91. The Labute approximate surface area is 104 Å². The van der Waals surface area contributed by atoms with Crippen LogP contribution >= 0.6 is 0 Å². The molecule has 1 fully saturated rings. The van der Waals surface area contributed by atoms with E-state index in [0.717, 1.165) is 23.7 Å². The molecule has 0 amide bonds. The van der Waals surface area contributed by atoms with E-state index in [1.54, 1.807) is 0 Å². The lowest BCUT2D eigenvalue weighted by atomic mass is 10.1. The number of hydrogen-bond acceptors (Lipinski definition) is 2. The van der Waals surface area contributed by atoms with E-state index >= 15 is 0 Å². The van der Waals surface area contributed by atoms with Gasteiger partial charge >= 0.3 is 0 Å². The maximum absolute atomic E-state index is 12.0. The molecule has 0 saturated carbocycles. The third kappa shape index (κ3) is 2.36. The number of carbonyl (C=O) groups excluding carboxylic acids is 1. The molecule has 1 aromatic carbocycles. The zero-order valence-electron chi connectivity index (χ0n) is 10.9. The van der Waals surface area contributed by atoms with E-state index in [-0.39, 0.29) is 5.78 Å². The molecule has 0 radical (unpaired) electrons. The smallest absolute Gasteiger partial charge is 0.164 e. The molecule has 2 rings (SSSR count). The Hall–Kier alpha value is -1.31. The Morgan fingerprint density at radius 3 is 2.65 bits per heavy atom. The van der Waals surface area contributed by atoms with Gasteiger partial charge in [0.25, 0.3) is 0 Å². The highest BCUT2D eigenvalue weighted by Crippen LogP contribution is 2.31. The number of benzene rings is 1.